The summed E-state index contributed by atoms with van der Waals surface area (Å²) in [7, 11) is -3.79. The SMILES string of the molecule is C[C@]1(C2CC2)NC(=O)N(CC(=O)Nc2ccc(Cl)c(S(=O)(=O)N3CCCCC3)c2)C1=O. The summed E-state index contributed by atoms with van der Waals surface area (Å²) >= 11 is 6.15. The number of anilines is 1. The molecule has 3 aliphatic rings. The monoisotopic (exact) mass is 468 g/mol. The van der Waals surface area contributed by atoms with Gasteiger partial charge in [-0.05, 0) is 56.7 Å². The molecule has 1 aliphatic carbocycles. The Morgan fingerprint density at radius 2 is 1.90 bits per heavy atom. The molecule has 1 aromatic carbocycles. The van der Waals surface area contributed by atoms with E-state index in [1.165, 1.54) is 22.5 Å². The molecule has 0 unspecified atom stereocenters. The highest BCUT2D eigenvalue weighted by atomic mass is 35.5. The van der Waals surface area contributed by atoms with Crippen LogP contribution in [0, 0.1) is 5.92 Å². The van der Waals surface area contributed by atoms with Crippen LogP contribution in [0.1, 0.15) is 39.0 Å². The van der Waals surface area contributed by atoms with Gasteiger partial charge in [0.15, 0.2) is 0 Å². The fourth-order valence-electron chi connectivity index (χ4n) is 4.16. The van der Waals surface area contributed by atoms with Crippen molar-refractivity contribution in [2.24, 2.45) is 5.92 Å². The van der Waals surface area contributed by atoms with Gasteiger partial charge in [-0.15, -0.1) is 0 Å². The zero-order valence-electron chi connectivity index (χ0n) is 17.2. The predicted octanol–water partition coefficient (Wildman–Crippen LogP) is 2.17. The Morgan fingerprint density at radius 3 is 2.55 bits per heavy atom. The van der Waals surface area contributed by atoms with E-state index in [4.69, 9.17) is 11.6 Å². The van der Waals surface area contributed by atoms with E-state index in [1.807, 2.05) is 0 Å². The molecule has 9 nitrogen and oxygen atoms in total. The molecule has 31 heavy (non-hydrogen) atoms. The average Bonchev–Trinajstić information content (AvgIpc) is 3.56. The number of sulfonamides is 1. The lowest BCUT2D eigenvalue weighted by atomic mass is 9.96. The van der Waals surface area contributed by atoms with Crippen LogP contribution in [0.4, 0.5) is 10.5 Å². The number of carbonyl (C=O) groups excluding carboxylic acids is 3. The first-order chi connectivity index (χ1) is 14.6. The lowest BCUT2D eigenvalue weighted by molar-refractivity contribution is -0.134. The van der Waals surface area contributed by atoms with E-state index in [9.17, 15) is 22.8 Å². The molecule has 2 saturated heterocycles. The van der Waals surface area contributed by atoms with E-state index in [0.29, 0.717) is 13.1 Å². The van der Waals surface area contributed by atoms with Gasteiger partial charge in [0.25, 0.3) is 5.91 Å². The van der Waals surface area contributed by atoms with Crippen molar-refractivity contribution in [1.29, 1.82) is 0 Å². The van der Waals surface area contributed by atoms with E-state index < -0.39 is 40.0 Å². The van der Waals surface area contributed by atoms with Crippen molar-refractivity contribution >= 4 is 45.2 Å². The second-order valence-corrected chi connectivity index (χ2v) is 10.8. The number of piperidine rings is 1. The smallest absolute Gasteiger partial charge is 0.324 e. The molecular weight excluding hydrogens is 444 g/mol. The Hall–Kier alpha value is -2.17. The van der Waals surface area contributed by atoms with Crippen LogP contribution in [0.3, 0.4) is 0 Å². The molecular formula is C20H25ClN4O5S. The van der Waals surface area contributed by atoms with Gasteiger partial charge < -0.3 is 10.6 Å². The fourth-order valence-corrected chi connectivity index (χ4v) is 6.18. The molecule has 1 aromatic rings. The van der Waals surface area contributed by atoms with Gasteiger partial charge in [-0.2, -0.15) is 4.31 Å². The van der Waals surface area contributed by atoms with Crippen LogP contribution in [0.25, 0.3) is 0 Å². The highest BCUT2D eigenvalue weighted by Gasteiger charge is 2.56. The van der Waals surface area contributed by atoms with Gasteiger partial charge in [0.05, 0.1) is 5.02 Å². The number of nitrogens with one attached hydrogen (secondary N) is 2. The normalized spacial score (nSPS) is 24.9. The summed E-state index contributed by atoms with van der Waals surface area (Å²) in [5.41, 5.74) is -0.741. The van der Waals surface area contributed by atoms with Crippen molar-refractivity contribution in [2.75, 3.05) is 25.0 Å². The number of urea groups is 1. The molecule has 2 aliphatic heterocycles. The number of hydrogen-bond donors (Lipinski definition) is 2. The minimum Gasteiger partial charge on any atom is -0.324 e. The number of imide groups is 1. The summed E-state index contributed by atoms with van der Waals surface area (Å²) in [5.74, 6) is -0.928. The number of nitrogens with zero attached hydrogens (tertiary/aromatic N) is 2. The highest BCUT2D eigenvalue weighted by molar-refractivity contribution is 7.89. The first-order valence-corrected chi connectivity index (χ1v) is 12.2. The fraction of sp³-hybridized carbons (Fsp3) is 0.550. The number of benzene rings is 1. The third-order valence-electron chi connectivity index (χ3n) is 6.14. The number of hydrogen-bond acceptors (Lipinski definition) is 5. The van der Waals surface area contributed by atoms with Crippen molar-refractivity contribution < 1.29 is 22.8 Å². The number of halogens is 1. The molecule has 4 amide bonds. The first kappa shape index (κ1) is 22.0. The minimum atomic E-state index is -3.79. The van der Waals surface area contributed by atoms with Gasteiger partial charge >= 0.3 is 6.03 Å². The molecule has 168 valence electrons. The summed E-state index contributed by atoms with van der Waals surface area (Å²) in [6, 6.07) is 3.60. The molecule has 2 N–H and O–H groups in total. The van der Waals surface area contributed by atoms with Crippen LogP contribution in [-0.2, 0) is 19.6 Å². The molecule has 1 atom stereocenters. The summed E-state index contributed by atoms with van der Waals surface area (Å²) in [6.07, 6.45) is 4.29. The van der Waals surface area contributed by atoms with Crippen molar-refractivity contribution in [3.05, 3.63) is 23.2 Å². The maximum atomic E-state index is 13.0. The molecule has 0 aromatic heterocycles. The number of carbonyl (C=O) groups is 3. The third-order valence-corrected chi connectivity index (χ3v) is 8.52. The molecule has 0 bridgehead atoms. The van der Waals surface area contributed by atoms with E-state index in [-0.39, 0.29) is 21.5 Å². The van der Waals surface area contributed by atoms with Crippen molar-refractivity contribution in [3.63, 3.8) is 0 Å². The van der Waals surface area contributed by atoms with E-state index in [1.54, 1.807) is 6.92 Å². The lowest BCUT2D eigenvalue weighted by Crippen LogP contribution is -2.46. The van der Waals surface area contributed by atoms with Crippen LogP contribution >= 0.6 is 11.6 Å². The Bertz CT molecular complexity index is 1040. The average molecular weight is 469 g/mol. The second kappa shape index (κ2) is 8.07. The topological polar surface area (TPSA) is 116 Å². The lowest BCUT2D eigenvalue weighted by Gasteiger charge is -2.26. The van der Waals surface area contributed by atoms with Gasteiger partial charge in [0, 0.05) is 18.8 Å². The largest absolute Gasteiger partial charge is 0.325 e. The number of amides is 4. The first-order valence-electron chi connectivity index (χ1n) is 10.4. The number of rotatable bonds is 6. The van der Waals surface area contributed by atoms with Gasteiger partial charge in [0.1, 0.15) is 17.0 Å². The molecule has 2 heterocycles. The molecule has 3 fully saturated rings. The third kappa shape index (κ3) is 4.16. The summed E-state index contributed by atoms with van der Waals surface area (Å²) in [6.45, 7) is 2.09. The van der Waals surface area contributed by atoms with Crippen LogP contribution in [0.2, 0.25) is 5.02 Å². The zero-order valence-corrected chi connectivity index (χ0v) is 18.8. The second-order valence-electron chi connectivity index (χ2n) is 8.46. The molecule has 4 rings (SSSR count). The summed E-state index contributed by atoms with van der Waals surface area (Å²) in [5, 5.41) is 5.33. The quantitative estimate of drug-likeness (QED) is 0.621. The zero-order chi connectivity index (χ0) is 22.4. The Kier molecular flexibility index (Phi) is 5.74. The maximum absolute atomic E-state index is 13.0. The molecule has 11 heteroatoms. The predicted molar refractivity (Wildman–Crippen MR) is 114 cm³/mol. The Labute approximate surface area is 186 Å². The Balaban J connectivity index is 1.47. The van der Waals surface area contributed by atoms with Crippen LogP contribution in [0.5, 0.6) is 0 Å². The molecule has 1 saturated carbocycles. The standard InChI is InChI=1S/C20H25ClN4O5S/c1-20(13-5-6-13)18(27)25(19(28)23-20)12-17(26)22-14-7-8-15(21)16(11-14)31(29,30)24-9-3-2-4-10-24/h7-8,11,13H,2-6,9-10,12H2,1H3,(H,22,26)(H,23,28)/t20-/m1/s1. The summed E-state index contributed by atoms with van der Waals surface area (Å²) in [4.78, 5) is 38.3. The van der Waals surface area contributed by atoms with Gasteiger partial charge in [-0.1, -0.05) is 18.0 Å². The van der Waals surface area contributed by atoms with E-state index in [2.05, 4.69) is 10.6 Å². The Morgan fingerprint density at radius 1 is 1.23 bits per heavy atom. The summed E-state index contributed by atoms with van der Waals surface area (Å²) < 4.78 is 27.3. The van der Waals surface area contributed by atoms with Gasteiger partial charge in [-0.25, -0.2) is 13.2 Å². The van der Waals surface area contributed by atoms with Crippen molar-refractivity contribution in [2.45, 2.75) is 49.5 Å². The molecule has 0 spiro atoms. The van der Waals surface area contributed by atoms with Crippen LogP contribution in [-0.4, -0.2) is 60.6 Å². The van der Waals surface area contributed by atoms with Gasteiger partial charge in [0.2, 0.25) is 15.9 Å². The minimum absolute atomic E-state index is 0.0675. The van der Waals surface area contributed by atoms with Crippen LogP contribution in [0.15, 0.2) is 23.1 Å². The van der Waals surface area contributed by atoms with E-state index >= 15 is 0 Å². The highest BCUT2D eigenvalue weighted by Crippen LogP contribution is 2.42. The van der Waals surface area contributed by atoms with Crippen molar-refractivity contribution in [1.82, 2.24) is 14.5 Å². The molecule has 0 radical (unpaired) electrons. The van der Waals surface area contributed by atoms with Crippen LogP contribution < -0.4 is 10.6 Å². The maximum Gasteiger partial charge on any atom is 0.325 e. The van der Waals surface area contributed by atoms with Gasteiger partial charge in [-0.3, -0.25) is 14.5 Å². The van der Waals surface area contributed by atoms with E-state index in [0.717, 1.165) is 37.0 Å². The van der Waals surface area contributed by atoms with Crippen molar-refractivity contribution in [3.8, 4) is 0 Å².